The van der Waals surface area contributed by atoms with E-state index in [0.29, 0.717) is 17.5 Å². The van der Waals surface area contributed by atoms with Gasteiger partial charge in [0, 0.05) is 16.3 Å². The SMILES string of the molecule is COc1ccc(-c2nc(CSCc3cccc(Cl)c3)no2)cc1. The normalized spacial score (nSPS) is 10.7. The molecule has 0 bridgehead atoms. The minimum atomic E-state index is 0.519. The van der Waals surface area contributed by atoms with E-state index in [1.54, 1.807) is 18.9 Å². The summed E-state index contributed by atoms with van der Waals surface area (Å²) in [5, 5.41) is 4.77. The average Bonchev–Trinajstić information content (AvgIpc) is 3.04. The fourth-order valence-electron chi connectivity index (χ4n) is 2.05. The summed E-state index contributed by atoms with van der Waals surface area (Å²) in [6.07, 6.45) is 0. The molecule has 118 valence electrons. The summed E-state index contributed by atoms with van der Waals surface area (Å²) in [7, 11) is 1.64. The van der Waals surface area contributed by atoms with Crippen LogP contribution in [0, 0.1) is 0 Å². The molecule has 0 N–H and O–H groups in total. The van der Waals surface area contributed by atoms with E-state index in [0.717, 1.165) is 22.1 Å². The minimum absolute atomic E-state index is 0.519. The molecule has 0 unspecified atom stereocenters. The highest BCUT2D eigenvalue weighted by atomic mass is 35.5. The summed E-state index contributed by atoms with van der Waals surface area (Å²) in [6.45, 7) is 0. The van der Waals surface area contributed by atoms with Crippen LogP contribution in [0.15, 0.2) is 53.1 Å². The van der Waals surface area contributed by atoms with Gasteiger partial charge >= 0.3 is 0 Å². The van der Waals surface area contributed by atoms with Crippen LogP contribution in [0.25, 0.3) is 11.5 Å². The Balaban J connectivity index is 1.58. The standard InChI is InChI=1S/C17H15ClN2O2S/c1-21-15-7-5-13(6-8-15)17-19-16(20-22-17)11-23-10-12-3-2-4-14(18)9-12/h2-9H,10-11H2,1H3. The van der Waals surface area contributed by atoms with Crippen molar-refractivity contribution in [3.8, 4) is 17.2 Å². The highest BCUT2D eigenvalue weighted by molar-refractivity contribution is 7.97. The van der Waals surface area contributed by atoms with Gasteiger partial charge in [-0.05, 0) is 42.0 Å². The van der Waals surface area contributed by atoms with Crippen LogP contribution in [0.1, 0.15) is 11.4 Å². The van der Waals surface area contributed by atoms with Crippen LogP contribution in [0.4, 0.5) is 0 Å². The van der Waals surface area contributed by atoms with Gasteiger partial charge in [0.1, 0.15) is 5.75 Å². The van der Waals surface area contributed by atoms with Gasteiger partial charge in [0.25, 0.3) is 5.89 Å². The molecule has 0 saturated heterocycles. The average molecular weight is 347 g/mol. The van der Waals surface area contributed by atoms with Gasteiger partial charge < -0.3 is 9.26 Å². The van der Waals surface area contributed by atoms with Gasteiger partial charge in [-0.15, -0.1) is 11.8 Å². The largest absolute Gasteiger partial charge is 0.497 e. The van der Waals surface area contributed by atoms with Crippen LogP contribution >= 0.6 is 23.4 Å². The Morgan fingerprint density at radius 1 is 1.13 bits per heavy atom. The van der Waals surface area contributed by atoms with Crippen molar-refractivity contribution < 1.29 is 9.26 Å². The Bertz CT molecular complexity index is 774. The first-order valence-corrected chi connectivity index (χ1v) is 8.57. The quantitative estimate of drug-likeness (QED) is 0.639. The minimum Gasteiger partial charge on any atom is -0.497 e. The zero-order valence-electron chi connectivity index (χ0n) is 12.5. The molecule has 6 heteroatoms. The molecule has 1 heterocycles. The number of rotatable bonds is 6. The zero-order chi connectivity index (χ0) is 16.1. The van der Waals surface area contributed by atoms with E-state index < -0.39 is 0 Å². The van der Waals surface area contributed by atoms with Crippen LogP contribution in [0.2, 0.25) is 5.02 Å². The van der Waals surface area contributed by atoms with Crippen molar-refractivity contribution in [1.29, 1.82) is 0 Å². The van der Waals surface area contributed by atoms with Gasteiger partial charge in [-0.1, -0.05) is 28.9 Å². The zero-order valence-corrected chi connectivity index (χ0v) is 14.1. The molecule has 0 amide bonds. The Morgan fingerprint density at radius 2 is 1.96 bits per heavy atom. The second-order valence-electron chi connectivity index (χ2n) is 4.87. The van der Waals surface area contributed by atoms with E-state index in [2.05, 4.69) is 16.2 Å². The first-order valence-electron chi connectivity index (χ1n) is 7.04. The smallest absolute Gasteiger partial charge is 0.257 e. The Labute approximate surface area is 143 Å². The van der Waals surface area contributed by atoms with E-state index in [9.17, 15) is 0 Å². The van der Waals surface area contributed by atoms with Gasteiger partial charge in [-0.2, -0.15) is 4.98 Å². The van der Waals surface area contributed by atoms with Crippen molar-refractivity contribution in [2.24, 2.45) is 0 Å². The number of ether oxygens (including phenoxy) is 1. The third-order valence-corrected chi connectivity index (χ3v) is 4.43. The summed E-state index contributed by atoms with van der Waals surface area (Å²) in [5.41, 5.74) is 2.06. The van der Waals surface area contributed by atoms with Crippen LogP contribution < -0.4 is 4.74 Å². The molecule has 0 atom stereocenters. The van der Waals surface area contributed by atoms with Crippen LogP contribution in [0.5, 0.6) is 5.75 Å². The van der Waals surface area contributed by atoms with Crippen LogP contribution in [0.3, 0.4) is 0 Å². The topological polar surface area (TPSA) is 48.2 Å². The molecular formula is C17H15ClN2O2S. The van der Waals surface area contributed by atoms with Crippen molar-refractivity contribution >= 4 is 23.4 Å². The lowest BCUT2D eigenvalue weighted by Gasteiger charge is -2.00. The lowest BCUT2D eigenvalue weighted by molar-refractivity contribution is 0.414. The van der Waals surface area contributed by atoms with Crippen LogP contribution in [-0.4, -0.2) is 17.3 Å². The molecule has 0 saturated carbocycles. The first-order chi connectivity index (χ1) is 11.2. The van der Waals surface area contributed by atoms with E-state index >= 15 is 0 Å². The van der Waals surface area contributed by atoms with Crippen molar-refractivity contribution in [1.82, 2.24) is 10.1 Å². The fourth-order valence-corrected chi connectivity index (χ4v) is 3.08. The van der Waals surface area contributed by atoms with Gasteiger partial charge in [0.15, 0.2) is 5.82 Å². The monoisotopic (exact) mass is 346 g/mol. The lowest BCUT2D eigenvalue weighted by Crippen LogP contribution is -1.86. The number of thioether (sulfide) groups is 1. The number of hydrogen-bond donors (Lipinski definition) is 0. The predicted octanol–water partition coefficient (Wildman–Crippen LogP) is 4.83. The second-order valence-corrected chi connectivity index (χ2v) is 6.29. The Morgan fingerprint density at radius 3 is 2.70 bits per heavy atom. The highest BCUT2D eigenvalue weighted by Crippen LogP contribution is 2.23. The number of hydrogen-bond acceptors (Lipinski definition) is 5. The maximum atomic E-state index is 5.98. The van der Waals surface area contributed by atoms with E-state index in [1.807, 2.05) is 42.5 Å². The molecular weight excluding hydrogens is 332 g/mol. The summed E-state index contributed by atoms with van der Waals surface area (Å²) in [6, 6.07) is 15.4. The maximum absolute atomic E-state index is 5.98. The lowest BCUT2D eigenvalue weighted by atomic mass is 10.2. The number of benzene rings is 2. The summed E-state index contributed by atoms with van der Waals surface area (Å²) >= 11 is 7.69. The third kappa shape index (κ3) is 4.27. The molecule has 0 fully saturated rings. The maximum Gasteiger partial charge on any atom is 0.257 e. The molecule has 2 aromatic carbocycles. The van der Waals surface area contributed by atoms with Crippen molar-refractivity contribution in [3.63, 3.8) is 0 Å². The predicted molar refractivity (Wildman–Crippen MR) is 92.7 cm³/mol. The second kappa shape index (κ2) is 7.53. The summed E-state index contributed by atoms with van der Waals surface area (Å²) < 4.78 is 10.4. The number of nitrogens with zero attached hydrogens (tertiary/aromatic N) is 2. The summed E-state index contributed by atoms with van der Waals surface area (Å²) in [4.78, 5) is 4.42. The molecule has 0 aliphatic rings. The Kier molecular flexibility index (Phi) is 5.20. The third-order valence-electron chi connectivity index (χ3n) is 3.19. The van der Waals surface area contributed by atoms with Crippen molar-refractivity contribution in [2.45, 2.75) is 11.5 Å². The molecule has 0 spiro atoms. The Hall–Kier alpha value is -1.98. The number of halogens is 1. The van der Waals surface area contributed by atoms with E-state index in [4.69, 9.17) is 20.9 Å². The van der Waals surface area contributed by atoms with Gasteiger partial charge in [-0.3, -0.25) is 0 Å². The van der Waals surface area contributed by atoms with Crippen molar-refractivity contribution in [3.05, 3.63) is 64.9 Å². The van der Waals surface area contributed by atoms with E-state index in [-0.39, 0.29) is 0 Å². The fraction of sp³-hybridized carbons (Fsp3) is 0.176. The van der Waals surface area contributed by atoms with Gasteiger partial charge in [0.05, 0.1) is 12.9 Å². The molecule has 1 aromatic heterocycles. The highest BCUT2D eigenvalue weighted by Gasteiger charge is 2.09. The number of aromatic nitrogens is 2. The molecule has 4 nitrogen and oxygen atoms in total. The molecule has 3 rings (SSSR count). The molecule has 0 radical (unpaired) electrons. The molecule has 3 aromatic rings. The van der Waals surface area contributed by atoms with Crippen molar-refractivity contribution in [2.75, 3.05) is 7.11 Å². The molecule has 0 aliphatic carbocycles. The van der Waals surface area contributed by atoms with Crippen LogP contribution in [-0.2, 0) is 11.5 Å². The number of methoxy groups -OCH3 is 1. The molecule has 0 aliphatic heterocycles. The summed E-state index contributed by atoms with van der Waals surface area (Å²) in [5.74, 6) is 3.54. The van der Waals surface area contributed by atoms with Gasteiger partial charge in [-0.25, -0.2) is 0 Å². The van der Waals surface area contributed by atoms with Gasteiger partial charge in [0.2, 0.25) is 0 Å². The van der Waals surface area contributed by atoms with E-state index in [1.165, 1.54) is 5.56 Å². The molecule has 23 heavy (non-hydrogen) atoms. The first kappa shape index (κ1) is 15.9.